The van der Waals surface area contributed by atoms with Gasteiger partial charge in [0.2, 0.25) is 5.91 Å². The van der Waals surface area contributed by atoms with E-state index in [1.165, 1.54) is 18.1 Å². The average Bonchev–Trinajstić information content (AvgIpc) is 3.28. The van der Waals surface area contributed by atoms with Gasteiger partial charge in [-0.1, -0.05) is 29.4 Å². The lowest BCUT2D eigenvalue weighted by Gasteiger charge is -2.08. The van der Waals surface area contributed by atoms with Crippen LogP contribution in [0.25, 0.3) is 11.3 Å². The fraction of sp³-hybridized carbons (Fsp3) is 0.250. The van der Waals surface area contributed by atoms with E-state index in [9.17, 15) is 4.79 Å². The highest BCUT2D eigenvalue weighted by atomic mass is 16.6. The van der Waals surface area contributed by atoms with Crippen molar-refractivity contribution in [2.24, 2.45) is 5.16 Å². The van der Waals surface area contributed by atoms with E-state index in [4.69, 9.17) is 4.84 Å². The minimum atomic E-state index is -0.127. The Morgan fingerprint density at radius 3 is 2.39 bits per heavy atom. The molecule has 0 radical (unpaired) electrons. The summed E-state index contributed by atoms with van der Waals surface area (Å²) in [5, 5.41) is 10.3. The van der Waals surface area contributed by atoms with Crippen LogP contribution in [-0.2, 0) is 22.7 Å². The molecule has 0 fully saturated rings. The maximum absolute atomic E-state index is 11.0. The Kier molecular flexibility index (Phi) is 6.64. The quantitative estimate of drug-likeness (QED) is 0.590. The molecule has 31 heavy (non-hydrogen) atoms. The van der Waals surface area contributed by atoms with E-state index >= 15 is 0 Å². The fourth-order valence-corrected chi connectivity index (χ4v) is 3.35. The smallest absolute Gasteiger partial charge is 0.217 e. The summed E-state index contributed by atoms with van der Waals surface area (Å²) < 4.78 is 0. The molecular weight excluding hydrogens is 390 g/mol. The molecule has 4 rings (SSSR count). The first-order valence-electron chi connectivity index (χ1n) is 10.3. The lowest BCUT2D eigenvalue weighted by molar-refractivity contribution is -0.119. The Morgan fingerprint density at radius 2 is 1.71 bits per heavy atom. The van der Waals surface area contributed by atoms with Crippen LogP contribution in [0.15, 0.2) is 72.3 Å². The van der Waals surface area contributed by atoms with Gasteiger partial charge in [0, 0.05) is 56.2 Å². The second-order valence-electron chi connectivity index (χ2n) is 7.49. The zero-order valence-electron chi connectivity index (χ0n) is 17.4. The molecule has 0 spiro atoms. The van der Waals surface area contributed by atoms with Crippen molar-refractivity contribution in [1.82, 2.24) is 20.6 Å². The van der Waals surface area contributed by atoms with Crippen molar-refractivity contribution < 1.29 is 9.63 Å². The molecule has 0 saturated heterocycles. The van der Waals surface area contributed by atoms with Gasteiger partial charge in [-0.15, -0.1) is 0 Å². The zero-order chi connectivity index (χ0) is 21.5. The summed E-state index contributed by atoms with van der Waals surface area (Å²) in [4.78, 5) is 25.1. The van der Waals surface area contributed by atoms with E-state index in [1.54, 1.807) is 12.4 Å². The van der Waals surface area contributed by atoms with Crippen molar-refractivity contribution in [1.29, 1.82) is 0 Å². The monoisotopic (exact) mass is 415 g/mol. The number of carbonyl (C=O) groups is 1. The number of carbonyl (C=O) groups excluding carboxylic acids is 1. The number of nitrogens with one attached hydrogen (secondary N) is 2. The topological polar surface area (TPSA) is 88.5 Å². The third-order valence-electron chi connectivity index (χ3n) is 5.07. The van der Waals surface area contributed by atoms with Gasteiger partial charge in [-0.25, -0.2) is 0 Å². The molecule has 0 unspecified atom stereocenters. The summed E-state index contributed by atoms with van der Waals surface area (Å²) in [6.07, 6.45) is 5.96. The van der Waals surface area contributed by atoms with Crippen molar-refractivity contribution in [2.75, 3.05) is 6.54 Å². The molecule has 1 amide bonds. The van der Waals surface area contributed by atoms with Gasteiger partial charge < -0.3 is 15.5 Å². The summed E-state index contributed by atoms with van der Waals surface area (Å²) in [7, 11) is 0. The number of rotatable bonds is 8. The molecule has 2 aromatic heterocycles. The Hall–Kier alpha value is -3.58. The summed E-state index contributed by atoms with van der Waals surface area (Å²) >= 11 is 0. The van der Waals surface area contributed by atoms with Crippen molar-refractivity contribution in [3.05, 3.63) is 83.8 Å². The maximum Gasteiger partial charge on any atom is 0.217 e. The van der Waals surface area contributed by atoms with Crippen LogP contribution in [-0.4, -0.2) is 34.2 Å². The first-order valence-corrected chi connectivity index (χ1v) is 10.3. The van der Waals surface area contributed by atoms with Gasteiger partial charge in [0.05, 0.1) is 18.0 Å². The molecule has 0 aliphatic carbocycles. The van der Waals surface area contributed by atoms with Crippen LogP contribution >= 0.6 is 0 Å². The van der Waals surface area contributed by atoms with Gasteiger partial charge in [-0.2, -0.15) is 0 Å². The van der Waals surface area contributed by atoms with Gasteiger partial charge in [0.25, 0.3) is 0 Å². The lowest BCUT2D eigenvalue weighted by Crippen LogP contribution is -2.30. The summed E-state index contributed by atoms with van der Waals surface area (Å²) in [6, 6.07) is 16.4. The zero-order valence-corrected chi connectivity index (χ0v) is 17.4. The molecule has 1 aliphatic heterocycles. The highest BCUT2D eigenvalue weighted by Crippen LogP contribution is 2.21. The van der Waals surface area contributed by atoms with Crippen LogP contribution in [0.3, 0.4) is 0 Å². The molecule has 3 heterocycles. The molecule has 0 saturated carbocycles. The van der Waals surface area contributed by atoms with Gasteiger partial charge >= 0.3 is 0 Å². The molecule has 158 valence electrons. The van der Waals surface area contributed by atoms with E-state index in [-0.39, 0.29) is 12.0 Å². The Morgan fingerprint density at radius 1 is 1.00 bits per heavy atom. The number of benzene rings is 1. The second kappa shape index (κ2) is 9.95. The molecule has 2 N–H and O–H groups in total. The van der Waals surface area contributed by atoms with Gasteiger partial charge in [0.15, 0.2) is 0 Å². The van der Waals surface area contributed by atoms with Crippen molar-refractivity contribution in [3.63, 3.8) is 0 Å². The third-order valence-corrected chi connectivity index (χ3v) is 5.07. The van der Waals surface area contributed by atoms with E-state index < -0.39 is 0 Å². The van der Waals surface area contributed by atoms with Crippen molar-refractivity contribution >= 4 is 11.6 Å². The number of oxime groups is 1. The van der Waals surface area contributed by atoms with E-state index in [1.807, 2.05) is 30.5 Å². The Labute approximate surface area is 181 Å². The molecule has 0 bridgehead atoms. The number of pyridine rings is 2. The molecule has 1 atom stereocenters. The minimum absolute atomic E-state index is 0.0707. The second-order valence-corrected chi connectivity index (χ2v) is 7.49. The predicted octanol–water partition coefficient (Wildman–Crippen LogP) is 3.06. The molecule has 7 heteroatoms. The molecule has 7 nitrogen and oxygen atoms in total. The molecule has 1 aliphatic rings. The van der Waals surface area contributed by atoms with Crippen LogP contribution in [0.4, 0.5) is 0 Å². The number of nitrogens with zero attached hydrogens (tertiary/aromatic N) is 3. The number of hydrogen-bond acceptors (Lipinski definition) is 6. The molecule has 3 aromatic rings. The highest BCUT2D eigenvalue weighted by molar-refractivity contribution is 6.01. The van der Waals surface area contributed by atoms with Crippen molar-refractivity contribution in [3.8, 4) is 11.3 Å². The van der Waals surface area contributed by atoms with Gasteiger partial charge in [0.1, 0.15) is 6.10 Å². The molecular formula is C24H25N5O2. The van der Waals surface area contributed by atoms with E-state index in [2.05, 4.69) is 50.0 Å². The largest absolute Gasteiger partial charge is 0.390 e. The van der Waals surface area contributed by atoms with E-state index in [0.29, 0.717) is 13.0 Å². The minimum Gasteiger partial charge on any atom is -0.390 e. The van der Waals surface area contributed by atoms with Crippen LogP contribution < -0.4 is 10.6 Å². The third kappa shape index (κ3) is 5.73. The Balaban J connectivity index is 1.30. The summed E-state index contributed by atoms with van der Waals surface area (Å²) in [6.45, 7) is 3.56. The summed E-state index contributed by atoms with van der Waals surface area (Å²) in [5.74, 6) is -0.0707. The van der Waals surface area contributed by atoms with Crippen LogP contribution in [0.5, 0.6) is 0 Å². The fourth-order valence-electron chi connectivity index (χ4n) is 3.35. The van der Waals surface area contributed by atoms with Crippen LogP contribution in [0, 0.1) is 0 Å². The van der Waals surface area contributed by atoms with Crippen LogP contribution in [0.2, 0.25) is 0 Å². The van der Waals surface area contributed by atoms with Crippen LogP contribution in [0.1, 0.15) is 30.0 Å². The number of aromatic nitrogens is 2. The van der Waals surface area contributed by atoms with Gasteiger partial charge in [-0.05, 0) is 35.4 Å². The van der Waals surface area contributed by atoms with Gasteiger partial charge in [-0.3, -0.25) is 14.8 Å². The highest BCUT2D eigenvalue weighted by Gasteiger charge is 2.22. The first kappa shape index (κ1) is 20.7. The normalized spacial score (nSPS) is 15.3. The Bertz CT molecular complexity index is 1030. The van der Waals surface area contributed by atoms with E-state index in [0.717, 1.165) is 35.6 Å². The SMILES string of the molecule is CC(=O)NC[C@H]1CC(c2ccc(-c3ccc(CNCc4ccncc4)cc3)nc2)=NO1. The number of amides is 1. The molecule has 1 aromatic carbocycles. The average molecular weight is 415 g/mol. The first-order chi connectivity index (χ1) is 15.2. The lowest BCUT2D eigenvalue weighted by atomic mass is 10.0. The van der Waals surface area contributed by atoms with Crippen molar-refractivity contribution in [2.45, 2.75) is 32.5 Å². The standard InChI is InChI=1S/C24H25N5O2/c1-17(30)27-16-22-12-24(29-31-22)21-6-7-23(28-15-21)20-4-2-18(3-5-20)13-26-14-19-8-10-25-11-9-19/h2-11,15,22,26H,12-14,16H2,1H3,(H,27,30)/t22-/m1/s1. The predicted molar refractivity (Wildman–Crippen MR) is 119 cm³/mol. The summed E-state index contributed by atoms with van der Waals surface area (Å²) in [5.41, 5.74) is 6.20. The maximum atomic E-state index is 11.0. The number of hydrogen-bond donors (Lipinski definition) is 2.